The zero-order chi connectivity index (χ0) is 21.1. The molecule has 0 bridgehead atoms. The van der Waals surface area contributed by atoms with Crippen molar-refractivity contribution in [3.05, 3.63) is 65.2 Å². The van der Waals surface area contributed by atoms with E-state index < -0.39 is 29.7 Å². The summed E-state index contributed by atoms with van der Waals surface area (Å²) in [6, 6.07) is 11.8. The lowest BCUT2D eigenvalue weighted by molar-refractivity contribution is -0.121. The summed E-state index contributed by atoms with van der Waals surface area (Å²) >= 11 is 0. The molecule has 7 nitrogen and oxygen atoms in total. The monoisotopic (exact) mass is 394 g/mol. The average Bonchev–Trinajstić information content (AvgIpc) is 2.94. The molecule has 29 heavy (non-hydrogen) atoms. The maximum absolute atomic E-state index is 13.0. The van der Waals surface area contributed by atoms with E-state index in [9.17, 15) is 19.2 Å². The SMILES string of the molecule is CCOC(=O)c1cccc(NC(=O)[C@@H](C(C)C)N2C(=O)c3ccccc3C2=O)c1. The van der Waals surface area contributed by atoms with E-state index in [-0.39, 0.29) is 12.5 Å². The molecule has 1 aliphatic heterocycles. The highest BCUT2D eigenvalue weighted by molar-refractivity contribution is 6.23. The van der Waals surface area contributed by atoms with Crippen LogP contribution in [0.4, 0.5) is 5.69 Å². The molecule has 0 saturated heterocycles. The number of benzene rings is 2. The summed E-state index contributed by atoms with van der Waals surface area (Å²) in [4.78, 5) is 51.5. The summed E-state index contributed by atoms with van der Waals surface area (Å²) in [6.07, 6.45) is 0. The van der Waals surface area contributed by atoms with Crippen molar-refractivity contribution in [2.45, 2.75) is 26.8 Å². The Labute approximate surface area is 168 Å². The first kappa shape index (κ1) is 20.3. The van der Waals surface area contributed by atoms with E-state index in [1.54, 1.807) is 63.2 Å². The van der Waals surface area contributed by atoms with Crippen LogP contribution in [0.1, 0.15) is 51.8 Å². The molecule has 0 saturated carbocycles. The highest BCUT2D eigenvalue weighted by atomic mass is 16.5. The molecular weight excluding hydrogens is 372 g/mol. The van der Waals surface area contributed by atoms with Gasteiger partial charge in [0, 0.05) is 5.69 Å². The lowest BCUT2D eigenvalue weighted by Crippen LogP contribution is -2.50. The van der Waals surface area contributed by atoms with Gasteiger partial charge in [0.2, 0.25) is 5.91 Å². The van der Waals surface area contributed by atoms with Crippen LogP contribution in [0.5, 0.6) is 0 Å². The summed E-state index contributed by atoms with van der Waals surface area (Å²) < 4.78 is 4.97. The maximum Gasteiger partial charge on any atom is 0.338 e. The number of esters is 1. The van der Waals surface area contributed by atoms with Gasteiger partial charge in [0.05, 0.1) is 23.3 Å². The molecule has 0 aromatic heterocycles. The van der Waals surface area contributed by atoms with E-state index in [1.165, 1.54) is 6.07 Å². The number of nitrogens with one attached hydrogen (secondary N) is 1. The van der Waals surface area contributed by atoms with Gasteiger partial charge in [-0.1, -0.05) is 32.0 Å². The van der Waals surface area contributed by atoms with Gasteiger partial charge in [-0.05, 0) is 43.2 Å². The minimum Gasteiger partial charge on any atom is -0.462 e. The van der Waals surface area contributed by atoms with Crippen molar-refractivity contribution >= 4 is 29.4 Å². The molecule has 1 aliphatic rings. The number of carbonyl (C=O) groups excluding carboxylic acids is 4. The highest BCUT2D eigenvalue weighted by Crippen LogP contribution is 2.28. The summed E-state index contributed by atoms with van der Waals surface area (Å²) in [5, 5.41) is 2.71. The Hall–Kier alpha value is -3.48. The third-order valence-corrected chi connectivity index (χ3v) is 4.64. The number of carbonyl (C=O) groups is 4. The minimum absolute atomic E-state index is 0.241. The number of hydrogen-bond acceptors (Lipinski definition) is 5. The van der Waals surface area contributed by atoms with Gasteiger partial charge in [0.1, 0.15) is 6.04 Å². The molecule has 0 aliphatic carbocycles. The van der Waals surface area contributed by atoms with Gasteiger partial charge in [0.25, 0.3) is 11.8 Å². The van der Waals surface area contributed by atoms with E-state index >= 15 is 0 Å². The number of rotatable bonds is 6. The second kappa shape index (κ2) is 8.26. The normalized spacial score (nSPS) is 14.0. The van der Waals surface area contributed by atoms with Gasteiger partial charge in [-0.2, -0.15) is 0 Å². The Balaban J connectivity index is 1.85. The second-order valence-electron chi connectivity index (χ2n) is 7.01. The van der Waals surface area contributed by atoms with Crippen LogP contribution in [0.25, 0.3) is 0 Å². The van der Waals surface area contributed by atoms with Crippen molar-refractivity contribution in [3.8, 4) is 0 Å². The molecule has 0 radical (unpaired) electrons. The Kier molecular flexibility index (Phi) is 5.77. The maximum atomic E-state index is 13.0. The number of amides is 3. The zero-order valence-corrected chi connectivity index (χ0v) is 16.5. The molecule has 1 N–H and O–H groups in total. The molecule has 3 amide bonds. The van der Waals surface area contributed by atoms with Gasteiger partial charge in [-0.25, -0.2) is 4.79 Å². The molecule has 0 unspecified atom stereocenters. The van der Waals surface area contributed by atoms with Gasteiger partial charge in [-0.15, -0.1) is 0 Å². The van der Waals surface area contributed by atoms with Crippen LogP contribution in [-0.4, -0.2) is 41.2 Å². The topological polar surface area (TPSA) is 92.8 Å². The van der Waals surface area contributed by atoms with Crippen LogP contribution in [-0.2, 0) is 9.53 Å². The van der Waals surface area contributed by atoms with Crippen molar-refractivity contribution in [1.29, 1.82) is 0 Å². The number of hydrogen-bond donors (Lipinski definition) is 1. The average molecular weight is 394 g/mol. The number of imide groups is 1. The molecule has 1 atom stereocenters. The number of ether oxygens (including phenoxy) is 1. The van der Waals surface area contributed by atoms with Gasteiger partial charge in [0.15, 0.2) is 0 Å². The van der Waals surface area contributed by atoms with E-state index in [0.717, 1.165) is 4.90 Å². The molecule has 2 aromatic rings. The minimum atomic E-state index is -0.992. The standard InChI is InChI=1S/C22H22N2O5/c1-4-29-22(28)14-8-7-9-15(12-14)23-19(25)18(13(2)3)24-20(26)16-10-5-6-11-17(16)21(24)27/h5-13,18H,4H2,1-3H3,(H,23,25)/t18-/m1/s1. The van der Waals surface area contributed by atoms with Gasteiger partial charge in [-0.3, -0.25) is 19.3 Å². The lowest BCUT2D eigenvalue weighted by atomic mass is 10.0. The van der Waals surface area contributed by atoms with Crippen molar-refractivity contribution in [3.63, 3.8) is 0 Å². The lowest BCUT2D eigenvalue weighted by Gasteiger charge is -2.28. The van der Waals surface area contributed by atoms with E-state index in [1.807, 2.05) is 0 Å². The first-order valence-corrected chi connectivity index (χ1v) is 9.40. The zero-order valence-electron chi connectivity index (χ0n) is 16.5. The highest BCUT2D eigenvalue weighted by Gasteiger charge is 2.43. The molecule has 3 rings (SSSR count). The number of nitrogens with zero attached hydrogens (tertiary/aromatic N) is 1. The Morgan fingerprint density at radius 2 is 1.62 bits per heavy atom. The number of anilines is 1. The summed E-state index contributed by atoms with van der Waals surface area (Å²) in [6.45, 7) is 5.48. The number of fused-ring (bicyclic) bond motifs is 1. The molecule has 0 fully saturated rings. The van der Waals surface area contributed by atoms with E-state index in [4.69, 9.17) is 4.74 Å². The predicted molar refractivity (Wildman–Crippen MR) is 107 cm³/mol. The fraction of sp³-hybridized carbons (Fsp3) is 0.273. The molecule has 7 heteroatoms. The van der Waals surface area contributed by atoms with Crippen LogP contribution >= 0.6 is 0 Å². The Morgan fingerprint density at radius 1 is 1.00 bits per heavy atom. The van der Waals surface area contributed by atoms with Gasteiger partial charge >= 0.3 is 5.97 Å². The third kappa shape index (κ3) is 3.89. The quantitative estimate of drug-likeness (QED) is 0.600. The Morgan fingerprint density at radius 3 is 2.17 bits per heavy atom. The molecule has 2 aromatic carbocycles. The van der Waals surface area contributed by atoms with E-state index in [0.29, 0.717) is 22.4 Å². The predicted octanol–water partition coefficient (Wildman–Crippen LogP) is 3.12. The van der Waals surface area contributed by atoms with Crippen LogP contribution < -0.4 is 5.32 Å². The summed E-state index contributed by atoms with van der Waals surface area (Å²) in [5.74, 6) is -2.29. The fourth-order valence-corrected chi connectivity index (χ4v) is 3.33. The molecule has 1 heterocycles. The van der Waals surface area contributed by atoms with Crippen molar-refractivity contribution in [2.24, 2.45) is 5.92 Å². The summed E-state index contributed by atoms with van der Waals surface area (Å²) in [5.41, 5.74) is 1.26. The summed E-state index contributed by atoms with van der Waals surface area (Å²) in [7, 11) is 0. The smallest absolute Gasteiger partial charge is 0.338 e. The van der Waals surface area contributed by atoms with Gasteiger partial charge < -0.3 is 10.1 Å². The second-order valence-corrected chi connectivity index (χ2v) is 7.01. The van der Waals surface area contributed by atoms with E-state index in [2.05, 4.69) is 5.32 Å². The van der Waals surface area contributed by atoms with Crippen molar-refractivity contribution < 1.29 is 23.9 Å². The van der Waals surface area contributed by atoms with Crippen LogP contribution in [0.3, 0.4) is 0 Å². The largest absolute Gasteiger partial charge is 0.462 e. The Bertz CT molecular complexity index is 948. The molecular formula is C22H22N2O5. The van der Waals surface area contributed by atoms with Crippen molar-refractivity contribution in [1.82, 2.24) is 4.90 Å². The van der Waals surface area contributed by atoms with Crippen LogP contribution in [0.15, 0.2) is 48.5 Å². The first-order chi connectivity index (χ1) is 13.8. The molecule has 150 valence electrons. The molecule has 0 spiro atoms. The van der Waals surface area contributed by atoms with Crippen molar-refractivity contribution in [2.75, 3.05) is 11.9 Å². The first-order valence-electron chi connectivity index (χ1n) is 9.40. The third-order valence-electron chi connectivity index (χ3n) is 4.64. The van der Waals surface area contributed by atoms with Crippen LogP contribution in [0.2, 0.25) is 0 Å². The van der Waals surface area contributed by atoms with Crippen LogP contribution in [0, 0.1) is 5.92 Å². The fourth-order valence-electron chi connectivity index (χ4n) is 3.33.